The lowest BCUT2D eigenvalue weighted by atomic mass is 10.1. The van der Waals surface area contributed by atoms with Gasteiger partial charge in [-0.05, 0) is 36.4 Å². The van der Waals surface area contributed by atoms with Crippen molar-refractivity contribution in [3.63, 3.8) is 0 Å². The molecule has 0 amide bonds. The third kappa shape index (κ3) is 2.62. The van der Waals surface area contributed by atoms with Gasteiger partial charge in [0.2, 0.25) is 0 Å². The van der Waals surface area contributed by atoms with Crippen LogP contribution in [0.25, 0.3) is 21.8 Å². The maximum atomic E-state index is 13.2. The van der Waals surface area contributed by atoms with Gasteiger partial charge in [0.15, 0.2) is 0 Å². The summed E-state index contributed by atoms with van der Waals surface area (Å²) in [6.07, 6.45) is 4.98. The van der Waals surface area contributed by atoms with Crippen LogP contribution < -0.4 is 10.9 Å². The van der Waals surface area contributed by atoms with Crippen LogP contribution in [0.5, 0.6) is 0 Å². The van der Waals surface area contributed by atoms with E-state index in [2.05, 4.69) is 10.3 Å². The summed E-state index contributed by atoms with van der Waals surface area (Å²) in [6, 6.07) is 8.06. The van der Waals surface area contributed by atoms with Crippen LogP contribution in [0, 0.1) is 5.82 Å². The maximum Gasteiger partial charge on any atom is 0.309 e. The SMILES string of the molecule is CNCc1cn(Cc2ccc(F)cc2)c2cnc3c(=O)n(O)ccc3c12. The van der Waals surface area contributed by atoms with Gasteiger partial charge in [-0.25, -0.2) is 9.37 Å². The summed E-state index contributed by atoms with van der Waals surface area (Å²) >= 11 is 0. The third-order valence-electron chi connectivity index (χ3n) is 4.47. The van der Waals surface area contributed by atoms with E-state index in [4.69, 9.17) is 0 Å². The number of benzene rings is 1. The summed E-state index contributed by atoms with van der Waals surface area (Å²) in [5, 5.41) is 14.4. The Kier molecular flexibility index (Phi) is 3.93. The van der Waals surface area contributed by atoms with Crippen LogP contribution in [0.4, 0.5) is 4.39 Å². The zero-order valence-electron chi connectivity index (χ0n) is 14.1. The fraction of sp³-hybridized carbons (Fsp3) is 0.158. The fourth-order valence-corrected chi connectivity index (χ4v) is 3.29. The molecule has 0 aliphatic heterocycles. The van der Waals surface area contributed by atoms with E-state index in [0.29, 0.717) is 23.2 Å². The average molecular weight is 352 g/mol. The lowest BCUT2D eigenvalue weighted by Gasteiger charge is -2.07. The summed E-state index contributed by atoms with van der Waals surface area (Å²) in [5.74, 6) is -0.269. The van der Waals surface area contributed by atoms with Crippen LogP contribution in [0.3, 0.4) is 0 Å². The van der Waals surface area contributed by atoms with Crippen molar-refractivity contribution >= 4 is 21.8 Å². The molecule has 2 N–H and O–H groups in total. The first-order valence-electron chi connectivity index (χ1n) is 8.19. The minimum absolute atomic E-state index is 0.222. The molecule has 0 radical (unpaired) electrons. The summed E-state index contributed by atoms with van der Waals surface area (Å²) < 4.78 is 15.7. The highest BCUT2D eigenvalue weighted by atomic mass is 19.1. The average Bonchev–Trinajstić information content (AvgIpc) is 2.98. The topological polar surface area (TPSA) is 72.1 Å². The molecule has 7 heteroatoms. The van der Waals surface area contributed by atoms with Crippen LogP contribution in [0.2, 0.25) is 0 Å². The molecular weight excluding hydrogens is 335 g/mol. The molecule has 0 saturated heterocycles. The second kappa shape index (κ2) is 6.27. The predicted molar refractivity (Wildman–Crippen MR) is 96.9 cm³/mol. The Bertz CT molecular complexity index is 1160. The van der Waals surface area contributed by atoms with Crippen molar-refractivity contribution in [1.29, 1.82) is 0 Å². The van der Waals surface area contributed by atoms with Gasteiger partial charge in [-0.15, -0.1) is 0 Å². The Morgan fingerprint density at radius 2 is 2.00 bits per heavy atom. The van der Waals surface area contributed by atoms with E-state index in [1.54, 1.807) is 24.4 Å². The molecule has 0 fully saturated rings. The van der Waals surface area contributed by atoms with Crippen LogP contribution in [0.1, 0.15) is 11.1 Å². The molecule has 0 aliphatic rings. The van der Waals surface area contributed by atoms with Gasteiger partial charge < -0.3 is 15.1 Å². The van der Waals surface area contributed by atoms with E-state index in [0.717, 1.165) is 22.0 Å². The van der Waals surface area contributed by atoms with Gasteiger partial charge >= 0.3 is 5.56 Å². The standard InChI is InChI=1S/C19H17FN4O2/c1-21-8-13-11-23(10-12-2-4-14(20)5-3-12)16-9-22-18-15(17(13)16)6-7-24(26)19(18)25/h2-7,9,11,21,26H,8,10H2,1H3. The van der Waals surface area contributed by atoms with Crippen LogP contribution in [-0.4, -0.2) is 26.5 Å². The molecule has 0 unspecified atom stereocenters. The Morgan fingerprint density at radius 3 is 2.73 bits per heavy atom. The van der Waals surface area contributed by atoms with Crippen molar-refractivity contribution in [1.82, 2.24) is 19.6 Å². The Morgan fingerprint density at radius 1 is 1.23 bits per heavy atom. The lowest BCUT2D eigenvalue weighted by Crippen LogP contribution is -2.17. The molecule has 0 bridgehead atoms. The van der Waals surface area contributed by atoms with E-state index >= 15 is 0 Å². The molecule has 3 heterocycles. The summed E-state index contributed by atoms with van der Waals surface area (Å²) in [7, 11) is 1.85. The molecule has 0 atom stereocenters. The number of pyridine rings is 2. The number of aromatic nitrogens is 3. The highest BCUT2D eigenvalue weighted by molar-refractivity contribution is 6.06. The molecule has 0 saturated carbocycles. The highest BCUT2D eigenvalue weighted by Gasteiger charge is 2.15. The van der Waals surface area contributed by atoms with E-state index in [-0.39, 0.29) is 11.3 Å². The zero-order valence-corrected chi connectivity index (χ0v) is 14.1. The van der Waals surface area contributed by atoms with Gasteiger partial charge in [0.1, 0.15) is 11.3 Å². The Hall–Kier alpha value is -3.19. The first kappa shape index (κ1) is 16.3. The molecule has 132 valence electrons. The van der Waals surface area contributed by atoms with Crippen molar-refractivity contribution < 1.29 is 9.60 Å². The summed E-state index contributed by atoms with van der Waals surface area (Å²) in [4.78, 5) is 16.4. The minimum Gasteiger partial charge on any atom is -0.425 e. The molecule has 4 aromatic rings. The summed E-state index contributed by atoms with van der Waals surface area (Å²) in [5.41, 5.74) is 2.53. The lowest BCUT2D eigenvalue weighted by molar-refractivity contribution is 0.176. The minimum atomic E-state index is -0.550. The van der Waals surface area contributed by atoms with E-state index < -0.39 is 5.56 Å². The van der Waals surface area contributed by atoms with Crippen LogP contribution in [-0.2, 0) is 13.1 Å². The van der Waals surface area contributed by atoms with Gasteiger partial charge in [-0.2, -0.15) is 4.73 Å². The monoisotopic (exact) mass is 352 g/mol. The van der Waals surface area contributed by atoms with Gasteiger partial charge in [0.05, 0.1) is 11.7 Å². The van der Waals surface area contributed by atoms with Crippen LogP contribution >= 0.6 is 0 Å². The van der Waals surface area contributed by atoms with Gasteiger partial charge in [0, 0.05) is 36.3 Å². The van der Waals surface area contributed by atoms with E-state index in [1.807, 2.05) is 17.8 Å². The molecule has 0 aliphatic carbocycles. The van der Waals surface area contributed by atoms with E-state index in [1.165, 1.54) is 18.3 Å². The largest absolute Gasteiger partial charge is 0.425 e. The van der Waals surface area contributed by atoms with Crippen LogP contribution in [0.15, 0.2) is 53.7 Å². The second-order valence-electron chi connectivity index (χ2n) is 6.19. The first-order valence-corrected chi connectivity index (χ1v) is 8.19. The third-order valence-corrected chi connectivity index (χ3v) is 4.47. The molecule has 6 nitrogen and oxygen atoms in total. The van der Waals surface area contributed by atoms with Crippen molar-refractivity contribution in [2.45, 2.75) is 13.1 Å². The smallest absolute Gasteiger partial charge is 0.309 e. The Balaban J connectivity index is 1.94. The Labute approximate surface area is 148 Å². The normalized spacial score (nSPS) is 11.5. The number of nitrogens with zero attached hydrogens (tertiary/aromatic N) is 3. The number of hydrogen-bond acceptors (Lipinski definition) is 4. The first-order chi connectivity index (χ1) is 12.6. The van der Waals surface area contributed by atoms with Crippen molar-refractivity contribution in [2.24, 2.45) is 0 Å². The number of hydrogen-bond donors (Lipinski definition) is 2. The molecule has 26 heavy (non-hydrogen) atoms. The molecule has 3 aromatic heterocycles. The number of halogens is 1. The maximum absolute atomic E-state index is 13.2. The number of fused-ring (bicyclic) bond motifs is 3. The zero-order chi connectivity index (χ0) is 18.3. The summed E-state index contributed by atoms with van der Waals surface area (Å²) in [6.45, 7) is 1.18. The van der Waals surface area contributed by atoms with E-state index in [9.17, 15) is 14.4 Å². The molecule has 1 aromatic carbocycles. The molecular formula is C19H17FN4O2. The second-order valence-corrected chi connectivity index (χ2v) is 6.19. The highest BCUT2D eigenvalue weighted by Crippen LogP contribution is 2.28. The fourth-order valence-electron chi connectivity index (χ4n) is 3.29. The van der Waals surface area contributed by atoms with Crippen molar-refractivity contribution in [2.75, 3.05) is 7.05 Å². The quantitative estimate of drug-likeness (QED) is 0.554. The van der Waals surface area contributed by atoms with Gasteiger partial charge in [-0.1, -0.05) is 12.1 Å². The molecule has 0 spiro atoms. The van der Waals surface area contributed by atoms with Gasteiger partial charge in [0.25, 0.3) is 0 Å². The predicted octanol–water partition coefficient (Wildman–Crippen LogP) is 2.50. The number of nitrogens with one attached hydrogen (secondary N) is 1. The van der Waals surface area contributed by atoms with Crippen molar-refractivity contribution in [3.05, 3.63) is 76.2 Å². The van der Waals surface area contributed by atoms with Crippen molar-refractivity contribution in [3.8, 4) is 0 Å². The number of rotatable bonds is 4. The van der Waals surface area contributed by atoms with Gasteiger partial charge in [-0.3, -0.25) is 4.79 Å². The molecule has 4 rings (SSSR count).